The van der Waals surface area contributed by atoms with Crippen LogP contribution in [0.1, 0.15) is 24.2 Å². The van der Waals surface area contributed by atoms with Gasteiger partial charge in [0.15, 0.2) is 0 Å². The molecule has 7 heteroatoms. The van der Waals surface area contributed by atoms with Gasteiger partial charge in [0.25, 0.3) is 5.91 Å². The molecule has 1 aromatic rings. The average Bonchev–Trinajstić information content (AvgIpc) is 2.15. The molecule has 0 saturated carbocycles. The summed E-state index contributed by atoms with van der Waals surface area (Å²) in [6.07, 6.45) is 2.76. The Morgan fingerprint density at radius 2 is 2.19 bits per heavy atom. The summed E-state index contributed by atoms with van der Waals surface area (Å²) in [5.74, 6) is -0.292. The molecule has 0 spiro atoms. The Morgan fingerprint density at radius 3 is 2.62 bits per heavy atom. The quantitative estimate of drug-likeness (QED) is 0.731. The standard InChI is InChI=1S/C9H14N4O2S/c1-5(2)12-8-6(7(10)14)4-11-9(13-8)16(3)15/h4-5H,1-3H3,(H2,10,14)(H,11,12,13)/t16-/m0/s1. The van der Waals surface area contributed by atoms with Crippen molar-refractivity contribution in [3.05, 3.63) is 11.8 Å². The Bertz CT molecular complexity index is 434. The number of hydrogen-bond donors (Lipinski definition) is 2. The Kier molecular flexibility index (Phi) is 3.94. The number of aromatic nitrogens is 2. The minimum atomic E-state index is -1.29. The van der Waals surface area contributed by atoms with Gasteiger partial charge in [-0.25, -0.2) is 9.97 Å². The van der Waals surface area contributed by atoms with E-state index in [0.29, 0.717) is 5.82 Å². The van der Waals surface area contributed by atoms with Crippen molar-refractivity contribution in [3.8, 4) is 0 Å². The topological polar surface area (TPSA) is 98.0 Å². The predicted octanol–water partition coefficient (Wildman–Crippen LogP) is 0.133. The largest absolute Gasteiger partial charge is 0.367 e. The number of primary amides is 1. The minimum absolute atomic E-state index is 0.0890. The Hall–Kier alpha value is -1.50. The third-order valence-electron chi connectivity index (χ3n) is 1.71. The van der Waals surface area contributed by atoms with Crippen molar-refractivity contribution >= 4 is 22.5 Å². The maximum atomic E-state index is 11.2. The average molecular weight is 242 g/mol. The van der Waals surface area contributed by atoms with E-state index in [0.717, 1.165) is 0 Å². The second kappa shape index (κ2) is 5.02. The first-order valence-electron chi connectivity index (χ1n) is 4.68. The van der Waals surface area contributed by atoms with Crippen LogP contribution in [-0.2, 0) is 10.8 Å². The van der Waals surface area contributed by atoms with Crippen LogP contribution in [0.4, 0.5) is 5.82 Å². The smallest absolute Gasteiger partial charge is 0.254 e. The molecule has 0 bridgehead atoms. The van der Waals surface area contributed by atoms with Crippen LogP contribution in [0.3, 0.4) is 0 Å². The van der Waals surface area contributed by atoms with E-state index in [1.807, 2.05) is 13.8 Å². The first-order valence-corrected chi connectivity index (χ1v) is 6.24. The lowest BCUT2D eigenvalue weighted by molar-refractivity contribution is 0.1000. The van der Waals surface area contributed by atoms with Gasteiger partial charge in [-0.2, -0.15) is 0 Å². The fraction of sp³-hybridized carbons (Fsp3) is 0.444. The van der Waals surface area contributed by atoms with Gasteiger partial charge in [-0.05, 0) is 13.8 Å². The van der Waals surface area contributed by atoms with Crippen LogP contribution >= 0.6 is 0 Å². The zero-order valence-corrected chi connectivity index (χ0v) is 10.2. The van der Waals surface area contributed by atoms with Crippen molar-refractivity contribution in [2.24, 2.45) is 5.73 Å². The molecule has 0 aliphatic heterocycles. The van der Waals surface area contributed by atoms with E-state index in [4.69, 9.17) is 5.73 Å². The van der Waals surface area contributed by atoms with Gasteiger partial charge in [-0.3, -0.25) is 9.00 Å². The molecule has 88 valence electrons. The van der Waals surface area contributed by atoms with Crippen LogP contribution in [0.15, 0.2) is 11.4 Å². The number of amides is 1. The molecule has 0 aromatic carbocycles. The molecule has 3 N–H and O–H groups in total. The molecule has 1 atom stereocenters. The van der Waals surface area contributed by atoms with E-state index >= 15 is 0 Å². The molecule has 1 rings (SSSR count). The van der Waals surface area contributed by atoms with Gasteiger partial charge in [0.2, 0.25) is 5.16 Å². The lowest BCUT2D eigenvalue weighted by atomic mass is 10.3. The van der Waals surface area contributed by atoms with Crippen molar-refractivity contribution < 1.29 is 9.00 Å². The molecule has 1 aromatic heterocycles. The van der Waals surface area contributed by atoms with Crippen LogP contribution in [0.5, 0.6) is 0 Å². The first-order chi connectivity index (χ1) is 7.41. The molecule has 0 fully saturated rings. The van der Waals surface area contributed by atoms with Crippen molar-refractivity contribution in [3.63, 3.8) is 0 Å². The highest BCUT2D eigenvalue weighted by molar-refractivity contribution is 7.84. The van der Waals surface area contributed by atoms with E-state index in [1.165, 1.54) is 12.5 Å². The molecule has 0 aliphatic rings. The molecule has 1 amide bonds. The van der Waals surface area contributed by atoms with Crippen LogP contribution < -0.4 is 11.1 Å². The monoisotopic (exact) mass is 242 g/mol. The van der Waals surface area contributed by atoms with E-state index in [1.54, 1.807) is 0 Å². The predicted molar refractivity (Wildman–Crippen MR) is 61.6 cm³/mol. The highest BCUT2D eigenvalue weighted by Gasteiger charge is 2.13. The van der Waals surface area contributed by atoms with Gasteiger partial charge in [-0.15, -0.1) is 0 Å². The van der Waals surface area contributed by atoms with E-state index in [-0.39, 0.29) is 16.8 Å². The number of nitrogens with two attached hydrogens (primary N) is 1. The van der Waals surface area contributed by atoms with Gasteiger partial charge in [0.1, 0.15) is 5.82 Å². The number of carbonyl (C=O) groups excluding carboxylic acids is 1. The van der Waals surface area contributed by atoms with Gasteiger partial charge < -0.3 is 11.1 Å². The van der Waals surface area contributed by atoms with Gasteiger partial charge in [0, 0.05) is 18.5 Å². The second-order valence-corrected chi connectivity index (χ2v) is 4.81. The van der Waals surface area contributed by atoms with Crippen molar-refractivity contribution in [2.45, 2.75) is 25.0 Å². The third-order valence-corrected chi connectivity index (χ3v) is 2.43. The lowest BCUT2D eigenvalue weighted by Crippen LogP contribution is -2.20. The summed E-state index contributed by atoms with van der Waals surface area (Å²) >= 11 is 0. The molecule has 6 nitrogen and oxygen atoms in total. The highest BCUT2D eigenvalue weighted by Crippen LogP contribution is 2.13. The van der Waals surface area contributed by atoms with E-state index in [9.17, 15) is 9.00 Å². The maximum absolute atomic E-state index is 11.2. The molecule has 0 saturated heterocycles. The minimum Gasteiger partial charge on any atom is -0.367 e. The van der Waals surface area contributed by atoms with Crippen LogP contribution in [0, 0.1) is 0 Å². The molecule has 16 heavy (non-hydrogen) atoms. The van der Waals surface area contributed by atoms with Crippen molar-refractivity contribution in [2.75, 3.05) is 11.6 Å². The van der Waals surface area contributed by atoms with E-state index < -0.39 is 16.7 Å². The number of rotatable bonds is 4. The second-order valence-electron chi connectivity index (χ2n) is 3.53. The van der Waals surface area contributed by atoms with Crippen molar-refractivity contribution in [1.82, 2.24) is 9.97 Å². The molecule has 0 radical (unpaired) electrons. The van der Waals surface area contributed by atoms with Crippen molar-refractivity contribution in [1.29, 1.82) is 0 Å². The molecule has 0 aliphatic carbocycles. The normalized spacial score (nSPS) is 12.5. The summed E-state index contributed by atoms with van der Waals surface area (Å²) in [5.41, 5.74) is 5.38. The van der Waals surface area contributed by atoms with Crippen LogP contribution in [0.2, 0.25) is 0 Å². The Labute approximate surface area is 96.1 Å². The number of nitrogens with one attached hydrogen (secondary N) is 1. The van der Waals surface area contributed by atoms with Gasteiger partial charge in [-0.1, -0.05) is 0 Å². The summed E-state index contributed by atoms with van der Waals surface area (Å²) < 4.78 is 11.2. The number of hydrogen-bond acceptors (Lipinski definition) is 5. The number of carbonyl (C=O) groups is 1. The summed E-state index contributed by atoms with van der Waals surface area (Å²) in [5, 5.41) is 3.14. The highest BCUT2D eigenvalue weighted by atomic mass is 32.2. The zero-order valence-electron chi connectivity index (χ0n) is 9.35. The molecule has 0 unspecified atom stereocenters. The summed E-state index contributed by atoms with van der Waals surface area (Å²) in [4.78, 5) is 18.9. The molecule has 1 heterocycles. The number of nitrogens with zero attached hydrogens (tertiary/aromatic N) is 2. The fourth-order valence-electron chi connectivity index (χ4n) is 1.07. The fourth-order valence-corrected chi connectivity index (χ4v) is 1.49. The molecular formula is C9H14N4O2S. The maximum Gasteiger partial charge on any atom is 0.254 e. The summed E-state index contributed by atoms with van der Waals surface area (Å²) in [7, 11) is -1.29. The molecular weight excluding hydrogens is 228 g/mol. The summed E-state index contributed by atoms with van der Waals surface area (Å²) in [6, 6.07) is 0.0890. The van der Waals surface area contributed by atoms with Gasteiger partial charge in [0.05, 0.1) is 16.4 Å². The van der Waals surface area contributed by atoms with Crippen LogP contribution in [0.25, 0.3) is 0 Å². The Morgan fingerprint density at radius 1 is 1.56 bits per heavy atom. The zero-order chi connectivity index (χ0) is 12.3. The third kappa shape index (κ3) is 2.99. The van der Waals surface area contributed by atoms with Gasteiger partial charge >= 0.3 is 0 Å². The number of anilines is 1. The summed E-state index contributed by atoms with van der Waals surface area (Å²) in [6.45, 7) is 3.80. The first kappa shape index (κ1) is 12.6. The lowest BCUT2D eigenvalue weighted by Gasteiger charge is -2.12. The van der Waals surface area contributed by atoms with E-state index in [2.05, 4.69) is 15.3 Å². The Balaban J connectivity index is 3.21. The SMILES string of the molecule is CC(C)Nc1nc([S@](C)=O)ncc1C(N)=O. The van der Waals surface area contributed by atoms with Crippen LogP contribution in [-0.4, -0.2) is 32.4 Å².